The molecule has 0 unspecified atom stereocenters. The van der Waals surface area contributed by atoms with Gasteiger partial charge in [0, 0.05) is 12.1 Å². The molecule has 1 N–H and O–H groups in total. The maximum Gasteiger partial charge on any atom is 0.264 e. The molecule has 0 fully saturated rings. The molecule has 5 aromatic rings. The van der Waals surface area contributed by atoms with Crippen LogP contribution in [0.1, 0.15) is 21.5 Å². The number of hydrogen-bond donors (Lipinski definition) is 1. The topological polar surface area (TPSA) is 81.8 Å². The zero-order valence-electron chi connectivity index (χ0n) is 19.4. The smallest absolute Gasteiger partial charge is 0.264 e. The lowest BCUT2D eigenvalue weighted by Gasteiger charge is -2.08. The van der Waals surface area contributed by atoms with Gasteiger partial charge in [-0.05, 0) is 35.7 Å². The number of aromatic nitrogens is 4. The van der Waals surface area contributed by atoms with Crippen LogP contribution in [0.5, 0.6) is 0 Å². The number of aryl methyl sites for hydroxylation is 1. The Kier molecular flexibility index (Phi) is 6.22. The summed E-state index contributed by atoms with van der Waals surface area (Å²) in [6, 6.07) is 25.6. The molecular weight excluding hydrogens is 438 g/mol. The zero-order valence-corrected chi connectivity index (χ0v) is 19.4. The second kappa shape index (κ2) is 9.77. The van der Waals surface area contributed by atoms with Crippen LogP contribution in [0.25, 0.3) is 22.2 Å². The summed E-state index contributed by atoms with van der Waals surface area (Å²) in [6.45, 7) is 3.25. The van der Waals surface area contributed by atoms with Gasteiger partial charge in [0.25, 0.3) is 11.5 Å². The van der Waals surface area contributed by atoms with Crippen LogP contribution in [0, 0.1) is 6.92 Å². The summed E-state index contributed by atoms with van der Waals surface area (Å²) >= 11 is 0. The lowest BCUT2D eigenvalue weighted by Crippen LogP contribution is -2.27. The Balaban J connectivity index is 1.23. The van der Waals surface area contributed by atoms with Crippen molar-refractivity contribution in [2.45, 2.75) is 20.0 Å². The molecule has 2 heterocycles. The molecule has 2 aromatic heterocycles. The molecule has 3 aromatic carbocycles. The molecule has 0 spiro atoms. The highest BCUT2D eigenvalue weighted by atomic mass is 16.1. The van der Waals surface area contributed by atoms with Crippen molar-refractivity contribution in [3.8, 4) is 11.1 Å². The second-order valence-corrected chi connectivity index (χ2v) is 8.47. The van der Waals surface area contributed by atoms with Gasteiger partial charge in [-0.1, -0.05) is 72.3 Å². The zero-order chi connectivity index (χ0) is 24.2. The summed E-state index contributed by atoms with van der Waals surface area (Å²) in [6.07, 6.45) is 3.10. The summed E-state index contributed by atoms with van der Waals surface area (Å²) < 4.78 is 3.23. The van der Waals surface area contributed by atoms with Crippen molar-refractivity contribution in [3.63, 3.8) is 0 Å². The molecule has 7 heteroatoms. The third-order valence-corrected chi connectivity index (χ3v) is 5.92. The number of carbonyl (C=O) groups excluding carboxylic acids is 1. The minimum absolute atomic E-state index is 0.134. The number of amides is 1. The molecule has 5 rings (SSSR count). The molecule has 7 nitrogen and oxygen atoms in total. The van der Waals surface area contributed by atoms with E-state index in [1.54, 1.807) is 21.8 Å². The van der Waals surface area contributed by atoms with Crippen LogP contribution in [-0.4, -0.2) is 31.8 Å². The highest BCUT2D eigenvalue weighted by molar-refractivity contribution is 5.94. The summed E-state index contributed by atoms with van der Waals surface area (Å²) in [5.41, 5.74) is 5.32. The Bertz CT molecular complexity index is 1540. The largest absolute Gasteiger partial charge is 0.350 e. The van der Waals surface area contributed by atoms with Gasteiger partial charge in [-0.15, -0.1) is 0 Å². The van der Waals surface area contributed by atoms with Crippen LogP contribution in [0.4, 0.5) is 0 Å². The lowest BCUT2D eigenvalue weighted by molar-refractivity contribution is 0.0952. The van der Waals surface area contributed by atoms with Gasteiger partial charge in [-0.25, -0.2) is 9.67 Å². The lowest BCUT2D eigenvalue weighted by atomic mass is 10.0. The molecule has 0 saturated carbocycles. The van der Waals surface area contributed by atoms with Gasteiger partial charge < -0.3 is 5.32 Å². The first kappa shape index (κ1) is 22.3. The quantitative estimate of drug-likeness (QED) is 0.395. The van der Waals surface area contributed by atoms with Crippen LogP contribution in [-0.2, 0) is 13.1 Å². The predicted octanol–water partition coefficient (Wildman–Crippen LogP) is 4.05. The fraction of sp³-hybridized carbons (Fsp3) is 0.143. The highest BCUT2D eigenvalue weighted by Gasteiger charge is 2.11. The average Bonchev–Trinajstić information content (AvgIpc) is 3.30. The minimum Gasteiger partial charge on any atom is -0.350 e. The maximum absolute atomic E-state index is 12.9. The van der Waals surface area contributed by atoms with Crippen molar-refractivity contribution in [1.29, 1.82) is 0 Å². The van der Waals surface area contributed by atoms with Crippen molar-refractivity contribution < 1.29 is 4.79 Å². The Morgan fingerprint density at radius 2 is 1.71 bits per heavy atom. The molecule has 0 aliphatic heterocycles. The van der Waals surface area contributed by atoms with E-state index in [9.17, 15) is 9.59 Å². The monoisotopic (exact) mass is 463 g/mol. The van der Waals surface area contributed by atoms with Gasteiger partial charge in [-0.2, -0.15) is 5.10 Å². The number of nitrogens with zero attached hydrogens (tertiary/aromatic N) is 4. The van der Waals surface area contributed by atoms with Crippen LogP contribution < -0.4 is 10.9 Å². The molecule has 0 aliphatic carbocycles. The number of nitrogens with one attached hydrogen (secondary N) is 1. The third kappa shape index (κ3) is 4.89. The van der Waals surface area contributed by atoms with Crippen molar-refractivity contribution >= 4 is 16.9 Å². The van der Waals surface area contributed by atoms with E-state index in [-0.39, 0.29) is 11.5 Å². The number of fused-ring (bicyclic) bond motifs is 1. The molecule has 0 atom stereocenters. The van der Waals surface area contributed by atoms with Crippen LogP contribution in [0.3, 0.4) is 0 Å². The second-order valence-electron chi connectivity index (χ2n) is 8.47. The van der Waals surface area contributed by atoms with Gasteiger partial charge in [0.15, 0.2) is 5.65 Å². The summed E-state index contributed by atoms with van der Waals surface area (Å²) in [7, 11) is 0. The van der Waals surface area contributed by atoms with Crippen molar-refractivity contribution in [2.75, 3.05) is 6.54 Å². The number of carbonyl (C=O) groups is 1. The van der Waals surface area contributed by atoms with E-state index in [1.807, 2.05) is 79.7 Å². The summed E-state index contributed by atoms with van der Waals surface area (Å²) in [5, 5.41) is 7.70. The van der Waals surface area contributed by atoms with E-state index < -0.39 is 0 Å². The van der Waals surface area contributed by atoms with E-state index in [1.165, 1.54) is 0 Å². The van der Waals surface area contributed by atoms with Gasteiger partial charge in [-0.3, -0.25) is 14.2 Å². The molecule has 0 bridgehead atoms. The fourth-order valence-corrected chi connectivity index (χ4v) is 4.10. The SMILES string of the molecule is Cc1cccc(Cn2cnc3c(cnn3CCNC(=O)c3ccc(-c4ccccc4)cc3)c2=O)c1. The van der Waals surface area contributed by atoms with Crippen molar-refractivity contribution in [3.05, 3.63) is 118 Å². The predicted molar refractivity (Wildman–Crippen MR) is 136 cm³/mol. The van der Waals surface area contributed by atoms with Gasteiger partial charge in [0.05, 0.1) is 19.3 Å². The van der Waals surface area contributed by atoms with Crippen molar-refractivity contribution in [2.24, 2.45) is 0 Å². The van der Waals surface area contributed by atoms with E-state index in [0.717, 1.165) is 22.3 Å². The molecule has 0 radical (unpaired) electrons. The Morgan fingerprint density at radius 3 is 2.49 bits per heavy atom. The van der Waals surface area contributed by atoms with Gasteiger partial charge in [0.2, 0.25) is 0 Å². The normalized spacial score (nSPS) is 11.0. The Hall–Kier alpha value is -4.52. The highest BCUT2D eigenvalue weighted by Crippen LogP contribution is 2.19. The van der Waals surface area contributed by atoms with Gasteiger partial charge >= 0.3 is 0 Å². The molecule has 174 valence electrons. The first-order valence-electron chi connectivity index (χ1n) is 11.5. The van der Waals surface area contributed by atoms with Gasteiger partial charge in [0.1, 0.15) is 11.7 Å². The maximum atomic E-state index is 12.9. The minimum atomic E-state index is -0.158. The van der Waals surface area contributed by atoms with Crippen molar-refractivity contribution in [1.82, 2.24) is 24.6 Å². The summed E-state index contributed by atoms with van der Waals surface area (Å²) in [5.74, 6) is -0.158. The van der Waals surface area contributed by atoms with E-state index in [2.05, 4.69) is 21.5 Å². The first-order valence-corrected chi connectivity index (χ1v) is 11.5. The number of hydrogen-bond acceptors (Lipinski definition) is 4. The van der Waals surface area contributed by atoms with Crippen LogP contribution >= 0.6 is 0 Å². The van der Waals surface area contributed by atoms with Crippen LogP contribution in [0.2, 0.25) is 0 Å². The van der Waals surface area contributed by atoms with E-state index >= 15 is 0 Å². The summed E-state index contributed by atoms with van der Waals surface area (Å²) in [4.78, 5) is 30.0. The third-order valence-electron chi connectivity index (χ3n) is 5.92. The fourth-order valence-electron chi connectivity index (χ4n) is 4.10. The first-order chi connectivity index (χ1) is 17.1. The number of rotatable bonds is 7. The van der Waals surface area contributed by atoms with Crippen LogP contribution in [0.15, 0.2) is 96.2 Å². The number of benzene rings is 3. The molecule has 0 aliphatic rings. The molecular formula is C28H25N5O2. The molecule has 0 saturated heterocycles. The van der Waals surface area contributed by atoms with E-state index in [0.29, 0.717) is 36.2 Å². The van der Waals surface area contributed by atoms with E-state index in [4.69, 9.17) is 0 Å². The Labute approximate surface area is 202 Å². The molecule has 35 heavy (non-hydrogen) atoms. The molecule has 1 amide bonds. The average molecular weight is 464 g/mol. The standard InChI is InChI=1S/C28H25N5O2/c1-20-6-5-7-21(16-20)18-32-19-30-26-25(28(32)35)17-31-33(26)15-14-29-27(34)24-12-10-23(11-13-24)22-8-3-2-4-9-22/h2-13,16-17,19H,14-15,18H2,1H3,(H,29,34). The Morgan fingerprint density at radius 1 is 0.943 bits per heavy atom.